The fourth-order valence-electron chi connectivity index (χ4n) is 2.06. The van der Waals surface area contributed by atoms with E-state index >= 15 is 0 Å². The Labute approximate surface area is 113 Å². The third-order valence-corrected chi connectivity index (χ3v) is 3.44. The molecule has 6 nitrogen and oxygen atoms in total. The van der Waals surface area contributed by atoms with E-state index in [1.54, 1.807) is 0 Å². The molecule has 108 valence electrons. The minimum atomic E-state index is -0.694. The van der Waals surface area contributed by atoms with E-state index in [1.165, 1.54) is 7.05 Å². The molecule has 0 aromatic rings. The SMILES string of the molecule is CC(N)CCCC(C)C(=O)NC1CC(=O)N(C)C1=O. The van der Waals surface area contributed by atoms with E-state index in [2.05, 4.69) is 5.32 Å². The van der Waals surface area contributed by atoms with Gasteiger partial charge in [-0.3, -0.25) is 19.3 Å². The molecule has 1 saturated heterocycles. The van der Waals surface area contributed by atoms with E-state index in [4.69, 9.17) is 5.73 Å². The van der Waals surface area contributed by atoms with Crippen LogP contribution in [-0.4, -0.2) is 41.8 Å². The third-order valence-electron chi connectivity index (χ3n) is 3.44. The summed E-state index contributed by atoms with van der Waals surface area (Å²) in [7, 11) is 1.43. The van der Waals surface area contributed by atoms with Crippen molar-refractivity contribution in [1.29, 1.82) is 0 Å². The van der Waals surface area contributed by atoms with E-state index in [9.17, 15) is 14.4 Å². The first-order chi connectivity index (χ1) is 8.82. The van der Waals surface area contributed by atoms with Gasteiger partial charge in [-0.05, 0) is 19.8 Å². The van der Waals surface area contributed by atoms with Gasteiger partial charge in [-0.1, -0.05) is 13.3 Å². The van der Waals surface area contributed by atoms with Crippen molar-refractivity contribution < 1.29 is 14.4 Å². The molecule has 19 heavy (non-hydrogen) atoms. The average Bonchev–Trinajstić information content (AvgIpc) is 2.56. The molecule has 3 atom stereocenters. The van der Waals surface area contributed by atoms with Crippen molar-refractivity contribution in [1.82, 2.24) is 10.2 Å². The number of likely N-dealkylation sites (N-methyl/N-ethyl adjacent to an activating group) is 1. The molecular weight excluding hydrogens is 246 g/mol. The maximum atomic E-state index is 11.9. The topological polar surface area (TPSA) is 92.5 Å². The van der Waals surface area contributed by atoms with Crippen molar-refractivity contribution in [2.45, 2.75) is 51.6 Å². The first-order valence-corrected chi connectivity index (χ1v) is 6.69. The molecule has 1 heterocycles. The van der Waals surface area contributed by atoms with Crippen LogP contribution in [0, 0.1) is 5.92 Å². The fraction of sp³-hybridized carbons (Fsp3) is 0.769. The number of hydrogen-bond acceptors (Lipinski definition) is 4. The summed E-state index contributed by atoms with van der Waals surface area (Å²) in [4.78, 5) is 36.0. The molecular formula is C13H23N3O3. The van der Waals surface area contributed by atoms with Gasteiger partial charge in [0.25, 0.3) is 5.91 Å². The van der Waals surface area contributed by atoms with Crippen molar-refractivity contribution in [3.63, 3.8) is 0 Å². The van der Waals surface area contributed by atoms with Gasteiger partial charge in [0.1, 0.15) is 6.04 Å². The molecule has 0 saturated carbocycles. The molecule has 3 amide bonds. The molecule has 0 radical (unpaired) electrons. The Morgan fingerprint density at radius 3 is 2.53 bits per heavy atom. The molecule has 0 aromatic heterocycles. The van der Waals surface area contributed by atoms with Crippen LogP contribution in [0.15, 0.2) is 0 Å². The van der Waals surface area contributed by atoms with Gasteiger partial charge in [0, 0.05) is 19.0 Å². The van der Waals surface area contributed by atoms with Crippen LogP contribution in [0.3, 0.4) is 0 Å². The molecule has 3 N–H and O–H groups in total. The Bertz CT molecular complexity index is 368. The highest BCUT2D eigenvalue weighted by molar-refractivity contribution is 6.06. The monoisotopic (exact) mass is 269 g/mol. The van der Waals surface area contributed by atoms with Crippen LogP contribution in [-0.2, 0) is 14.4 Å². The molecule has 0 spiro atoms. The van der Waals surface area contributed by atoms with Gasteiger partial charge < -0.3 is 11.1 Å². The Balaban J connectivity index is 2.38. The maximum absolute atomic E-state index is 11.9. The number of rotatable bonds is 6. The minimum Gasteiger partial charge on any atom is -0.344 e. The second-order valence-corrected chi connectivity index (χ2v) is 5.37. The number of hydrogen-bond donors (Lipinski definition) is 2. The van der Waals surface area contributed by atoms with Gasteiger partial charge in [0.15, 0.2) is 0 Å². The summed E-state index contributed by atoms with van der Waals surface area (Å²) in [5.74, 6) is -0.931. The summed E-state index contributed by atoms with van der Waals surface area (Å²) >= 11 is 0. The highest BCUT2D eigenvalue weighted by atomic mass is 16.2. The normalized spacial score (nSPS) is 22.5. The number of carbonyl (C=O) groups is 3. The van der Waals surface area contributed by atoms with Crippen molar-refractivity contribution in [2.24, 2.45) is 11.7 Å². The number of nitrogens with one attached hydrogen (secondary N) is 1. The van der Waals surface area contributed by atoms with Crippen LogP contribution in [0.2, 0.25) is 0 Å². The van der Waals surface area contributed by atoms with E-state index in [1.807, 2.05) is 13.8 Å². The summed E-state index contributed by atoms with van der Waals surface area (Å²) < 4.78 is 0. The van der Waals surface area contributed by atoms with Crippen LogP contribution in [0.25, 0.3) is 0 Å². The molecule has 0 aromatic carbocycles. The Morgan fingerprint density at radius 1 is 1.42 bits per heavy atom. The number of carbonyl (C=O) groups excluding carboxylic acids is 3. The van der Waals surface area contributed by atoms with Gasteiger partial charge in [-0.2, -0.15) is 0 Å². The van der Waals surface area contributed by atoms with Gasteiger partial charge in [-0.25, -0.2) is 0 Å². The molecule has 6 heteroatoms. The zero-order valence-electron chi connectivity index (χ0n) is 11.8. The second-order valence-electron chi connectivity index (χ2n) is 5.37. The quantitative estimate of drug-likeness (QED) is 0.664. The van der Waals surface area contributed by atoms with E-state index < -0.39 is 6.04 Å². The maximum Gasteiger partial charge on any atom is 0.252 e. The highest BCUT2D eigenvalue weighted by Gasteiger charge is 2.37. The summed E-state index contributed by atoms with van der Waals surface area (Å²) in [5.41, 5.74) is 5.65. The number of likely N-dealkylation sites (tertiary alicyclic amines) is 1. The van der Waals surface area contributed by atoms with Crippen molar-refractivity contribution in [3.8, 4) is 0 Å². The predicted molar refractivity (Wildman–Crippen MR) is 71.0 cm³/mol. The summed E-state index contributed by atoms with van der Waals surface area (Å²) in [6.07, 6.45) is 2.55. The number of nitrogens with zero attached hydrogens (tertiary/aromatic N) is 1. The van der Waals surface area contributed by atoms with Gasteiger partial charge >= 0.3 is 0 Å². The van der Waals surface area contributed by atoms with Gasteiger partial charge in [0.05, 0.1) is 6.42 Å². The lowest BCUT2D eigenvalue weighted by atomic mass is 10.0. The van der Waals surface area contributed by atoms with Crippen molar-refractivity contribution >= 4 is 17.7 Å². The smallest absolute Gasteiger partial charge is 0.252 e. The zero-order valence-corrected chi connectivity index (χ0v) is 11.8. The molecule has 1 rings (SSSR count). The standard InChI is InChI=1S/C13H23N3O3/c1-8(5-4-6-9(2)14)12(18)15-10-7-11(17)16(3)13(10)19/h8-10H,4-7,14H2,1-3H3,(H,15,18). The molecule has 0 aliphatic carbocycles. The molecule has 1 aliphatic heterocycles. The number of imide groups is 1. The van der Waals surface area contributed by atoms with Crippen LogP contribution >= 0.6 is 0 Å². The van der Waals surface area contributed by atoms with E-state index in [0.29, 0.717) is 0 Å². The fourth-order valence-corrected chi connectivity index (χ4v) is 2.06. The lowest BCUT2D eigenvalue weighted by Crippen LogP contribution is -2.42. The largest absolute Gasteiger partial charge is 0.344 e. The average molecular weight is 269 g/mol. The molecule has 0 bridgehead atoms. The summed E-state index contributed by atoms with van der Waals surface area (Å²) in [5, 5.41) is 2.65. The Kier molecular flexibility index (Phi) is 5.47. The van der Waals surface area contributed by atoms with Crippen LogP contribution in [0.1, 0.15) is 39.5 Å². The molecule has 1 aliphatic rings. The lowest BCUT2D eigenvalue weighted by molar-refractivity contribution is -0.138. The van der Waals surface area contributed by atoms with Crippen molar-refractivity contribution in [3.05, 3.63) is 0 Å². The minimum absolute atomic E-state index is 0.0631. The predicted octanol–water partition coefficient (Wildman–Crippen LogP) is 0.0135. The molecule has 1 fully saturated rings. The Hall–Kier alpha value is -1.43. The highest BCUT2D eigenvalue weighted by Crippen LogP contribution is 2.13. The summed E-state index contributed by atoms with van der Waals surface area (Å²) in [6.45, 7) is 3.75. The zero-order chi connectivity index (χ0) is 14.6. The lowest BCUT2D eigenvalue weighted by Gasteiger charge is -2.16. The number of nitrogens with two attached hydrogens (primary N) is 1. The number of amides is 3. The van der Waals surface area contributed by atoms with E-state index in [0.717, 1.165) is 24.2 Å². The Morgan fingerprint density at radius 2 is 2.05 bits per heavy atom. The van der Waals surface area contributed by atoms with Gasteiger partial charge in [-0.15, -0.1) is 0 Å². The second kappa shape index (κ2) is 6.65. The van der Waals surface area contributed by atoms with Crippen molar-refractivity contribution in [2.75, 3.05) is 7.05 Å². The van der Waals surface area contributed by atoms with Crippen LogP contribution in [0.4, 0.5) is 0 Å². The first kappa shape index (κ1) is 15.6. The molecule has 3 unspecified atom stereocenters. The van der Waals surface area contributed by atoms with Crippen LogP contribution < -0.4 is 11.1 Å². The first-order valence-electron chi connectivity index (χ1n) is 6.69. The third kappa shape index (κ3) is 4.31. The van der Waals surface area contributed by atoms with E-state index in [-0.39, 0.29) is 36.1 Å². The summed E-state index contributed by atoms with van der Waals surface area (Å²) in [6, 6.07) is -0.557. The van der Waals surface area contributed by atoms with Gasteiger partial charge in [0.2, 0.25) is 11.8 Å². The van der Waals surface area contributed by atoms with Crippen LogP contribution in [0.5, 0.6) is 0 Å².